The molecule has 0 aliphatic carbocycles. The van der Waals surface area contributed by atoms with Crippen molar-refractivity contribution in [3.05, 3.63) is 27.3 Å². The highest BCUT2D eigenvalue weighted by Crippen LogP contribution is 2.24. The Labute approximate surface area is 95.8 Å². The van der Waals surface area contributed by atoms with E-state index in [9.17, 15) is 4.79 Å². The van der Waals surface area contributed by atoms with Gasteiger partial charge in [0.2, 0.25) is 0 Å². The standard InChI is InChI=1S/C10H8INO2/c1-2-4-7-8(11)5-3-6-9(7)14-10(12)13/h1,3,5-6H,4H2,(H2,12,13). The zero-order valence-electron chi connectivity index (χ0n) is 7.29. The highest BCUT2D eigenvalue weighted by Gasteiger charge is 2.08. The maximum Gasteiger partial charge on any atom is 0.409 e. The van der Waals surface area contributed by atoms with Crippen LogP contribution in [0, 0.1) is 15.9 Å². The predicted octanol–water partition coefficient (Wildman–Crippen LogP) is 1.92. The minimum atomic E-state index is -0.828. The molecule has 0 spiro atoms. The minimum absolute atomic E-state index is 0.418. The van der Waals surface area contributed by atoms with Gasteiger partial charge in [0, 0.05) is 15.6 Å². The molecule has 0 aromatic heterocycles. The van der Waals surface area contributed by atoms with Crippen molar-refractivity contribution in [3.8, 4) is 18.1 Å². The lowest BCUT2D eigenvalue weighted by molar-refractivity contribution is 0.210. The second-order valence-electron chi connectivity index (χ2n) is 2.52. The van der Waals surface area contributed by atoms with Crippen LogP contribution in [0.4, 0.5) is 4.79 Å². The van der Waals surface area contributed by atoms with Gasteiger partial charge >= 0.3 is 6.09 Å². The van der Waals surface area contributed by atoms with Crippen molar-refractivity contribution in [3.63, 3.8) is 0 Å². The first-order valence-corrected chi connectivity index (χ1v) is 4.91. The monoisotopic (exact) mass is 301 g/mol. The van der Waals surface area contributed by atoms with E-state index >= 15 is 0 Å². The van der Waals surface area contributed by atoms with Crippen LogP contribution in [0.5, 0.6) is 5.75 Å². The predicted molar refractivity (Wildman–Crippen MR) is 61.9 cm³/mol. The molecular weight excluding hydrogens is 293 g/mol. The molecule has 0 heterocycles. The number of rotatable bonds is 2. The number of ether oxygens (including phenoxy) is 1. The van der Waals surface area contributed by atoms with Gasteiger partial charge < -0.3 is 10.5 Å². The second kappa shape index (κ2) is 4.86. The summed E-state index contributed by atoms with van der Waals surface area (Å²) < 4.78 is 5.77. The summed E-state index contributed by atoms with van der Waals surface area (Å²) in [6.45, 7) is 0. The molecule has 0 bridgehead atoms. The molecule has 4 heteroatoms. The summed E-state index contributed by atoms with van der Waals surface area (Å²) in [7, 11) is 0. The van der Waals surface area contributed by atoms with E-state index < -0.39 is 6.09 Å². The summed E-state index contributed by atoms with van der Waals surface area (Å²) in [5.74, 6) is 2.93. The molecule has 0 aliphatic heterocycles. The first kappa shape index (κ1) is 10.9. The van der Waals surface area contributed by atoms with Gasteiger partial charge in [-0.15, -0.1) is 12.3 Å². The molecule has 0 aliphatic rings. The minimum Gasteiger partial charge on any atom is -0.410 e. The van der Waals surface area contributed by atoms with Crippen LogP contribution in [0.2, 0.25) is 0 Å². The van der Waals surface area contributed by atoms with E-state index in [1.807, 2.05) is 6.07 Å². The van der Waals surface area contributed by atoms with Crippen molar-refractivity contribution >= 4 is 28.7 Å². The summed E-state index contributed by atoms with van der Waals surface area (Å²) in [5.41, 5.74) is 5.74. The van der Waals surface area contributed by atoms with E-state index in [0.717, 1.165) is 9.13 Å². The molecule has 0 unspecified atom stereocenters. The lowest BCUT2D eigenvalue weighted by Crippen LogP contribution is -2.17. The summed E-state index contributed by atoms with van der Waals surface area (Å²) in [5, 5.41) is 0. The molecular formula is C10H8INO2. The van der Waals surface area contributed by atoms with E-state index in [1.54, 1.807) is 12.1 Å². The number of amides is 1. The van der Waals surface area contributed by atoms with Gasteiger partial charge in [0.05, 0.1) is 0 Å². The molecule has 2 N–H and O–H groups in total. The van der Waals surface area contributed by atoms with Crippen molar-refractivity contribution < 1.29 is 9.53 Å². The zero-order chi connectivity index (χ0) is 10.6. The Morgan fingerprint density at radius 3 is 2.93 bits per heavy atom. The van der Waals surface area contributed by atoms with Gasteiger partial charge in [0.1, 0.15) is 5.75 Å². The summed E-state index contributed by atoms with van der Waals surface area (Å²) >= 11 is 2.13. The Morgan fingerprint density at radius 2 is 2.36 bits per heavy atom. The van der Waals surface area contributed by atoms with Crippen LogP contribution < -0.4 is 10.5 Å². The summed E-state index contributed by atoms with van der Waals surface area (Å²) in [6.07, 6.45) is 4.79. The van der Waals surface area contributed by atoms with Crippen LogP contribution in [-0.4, -0.2) is 6.09 Å². The molecule has 0 radical (unpaired) electrons. The van der Waals surface area contributed by atoms with E-state index in [4.69, 9.17) is 16.9 Å². The van der Waals surface area contributed by atoms with Crippen LogP contribution in [0.25, 0.3) is 0 Å². The van der Waals surface area contributed by atoms with Crippen LogP contribution in [0.15, 0.2) is 18.2 Å². The van der Waals surface area contributed by atoms with Gasteiger partial charge in [-0.25, -0.2) is 4.79 Å². The molecule has 1 aromatic carbocycles. The molecule has 1 amide bonds. The Balaban J connectivity index is 3.08. The zero-order valence-corrected chi connectivity index (χ0v) is 9.45. The largest absolute Gasteiger partial charge is 0.410 e. The van der Waals surface area contributed by atoms with Crippen molar-refractivity contribution in [1.82, 2.24) is 0 Å². The van der Waals surface area contributed by atoms with Crippen molar-refractivity contribution in [2.45, 2.75) is 6.42 Å². The SMILES string of the molecule is C#CCc1c(I)cccc1OC(N)=O. The Bertz CT molecular complexity index is 396. The third kappa shape index (κ3) is 2.64. The molecule has 1 rings (SSSR count). The van der Waals surface area contributed by atoms with Gasteiger partial charge in [0.15, 0.2) is 0 Å². The average Bonchev–Trinajstić information content (AvgIpc) is 2.10. The van der Waals surface area contributed by atoms with E-state index in [-0.39, 0.29) is 0 Å². The highest BCUT2D eigenvalue weighted by molar-refractivity contribution is 14.1. The number of carbonyl (C=O) groups excluding carboxylic acids is 1. The van der Waals surface area contributed by atoms with Gasteiger partial charge in [-0.3, -0.25) is 0 Å². The number of benzene rings is 1. The van der Waals surface area contributed by atoms with E-state index in [1.165, 1.54) is 0 Å². The van der Waals surface area contributed by atoms with Crippen LogP contribution >= 0.6 is 22.6 Å². The number of primary amides is 1. The smallest absolute Gasteiger partial charge is 0.409 e. The van der Waals surface area contributed by atoms with Gasteiger partial charge in [-0.1, -0.05) is 6.07 Å². The lowest BCUT2D eigenvalue weighted by Gasteiger charge is -2.07. The number of nitrogens with two attached hydrogens (primary N) is 1. The number of halogens is 1. The van der Waals surface area contributed by atoms with Gasteiger partial charge in [-0.05, 0) is 34.7 Å². The lowest BCUT2D eigenvalue weighted by atomic mass is 10.1. The highest BCUT2D eigenvalue weighted by atomic mass is 127. The van der Waals surface area contributed by atoms with Crippen LogP contribution in [0.1, 0.15) is 5.56 Å². The molecule has 14 heavy (non-hydrogen) atoms. The normalized spacial score (nSPS) is 9.14. The maximum absolute atomic E-state index is 10.6. The molecule has 0 atom stereocenters. The number of carbonyl (C=O) groups is 1. The molecule has 3 nitrogen and oxygen atoms in total. The second-order valence-corrected chi connectivity index (χ2v) is 3.68. The molecule has 0 saturated heterocycles. The van der Waals surface area contributed by atoms with Crippen molar-refractivity contribution in [1.29, 1.82) is 0 Å². The molecule has 0 fully saturated rings. The third-order valence-electron chi connectivity index (χ3n) is 1.57. The van der Waals surface area contributed by atoms with Gasteiger partial charge in [-0.2, -0.15) is 0 Å². The van der Waals surface area contributed by atoms with E-state index in [2.05, 4.69) is 28.5 Å². The number of terminal acetylenes is 1. The number of hydrogen-bond donors (Lipinski definition) is 1. The fraction of sp³-hybridized carbons (Fsp3) is 0.100. The first-order valence-electron chi connectivity index (χ1n) is 3.83. The van der Waals surface area contributed by atoms with Gasteiger partial charge in [0.25, 0.3) is 0 Å². The molecule has 72 valence electrons. The summed E-state index contributed by atoms with van der Waals surface area (Å²) in [4.78, 5) is 10.6. The maximum atomic E-state index is 10.6. The Hall–Kier alpha value is -1.22. The van der Waals surface area contributed by atoms with Crippen molar-refractivity contribution in [2.75, 3.05) is 0 Å². The Kier molecular flexibility index (Phi) is 3.77. The van der Waals surface area contributed by atoms with Crippen LogP contribution in [-0.2, 0) is 6.42 Å². The fourth-order valence-electron chi connectivity index (χ4n) is 1.02. The molecule has 1 aromatic rings. The molecule has 0 saturated carbocycles. The third-order valence-corrected chi connectivity index (χ3v) is 2.58. The Morgan fingerprint density at radius 1 is 1.64 bits per heavy atom. The van der Waals surface area contributed by atoms with Crippen LogP contribution in [0.3, 0.4) is 0 Å². The fourth-order valence-corrected chi connectivity index (χ4v) is 1.68. The number of hydrogen-bond acceptors (Lipinski definition) is 2. The summed E-state index contributed by atoms with van der Waals surface area (Å²) in [6, 6.07) is 5.33. The topological polar surface area (TPSA) is 52.3 Å². The average molecular weight is 301 g/mol. The first-order chi connectivity index (χ1) is 6.65. The quantitative estimate of drug-likeness (QED) is 0.670. The van der Waals surface area contributed by atoms with Crippen molar-refractivity contribution in [2.24, 2.45) is 5.73 Å². The van der Waals surface area contributed by atoms with E-state index in [0.29, 0.717) is 12.2 Å².